The molecule has 1 aromatic heterocycles. The Labute approximate surface area is 135 Å². The molecule has 0 saturated carbocycles. The third-order valence-corrected chi connectivity index (χ3v) is 4.34. The second kappa shape index (κ2) is 8.24. The highest BCUT2D eigenvalue weighted by molar-refractivity contribution is 7.98. The standard InChI is InChI=1S/C12H20ClN5S.ClH/c1-4-14-10-8-17(2)5-6-18(10)12-15-7-9(19-3)11(13)16-12;/h7,10,14H,4-6,8H2,1-3H3;1H. The lowest BCUT2D eigenvalue weighted by atomic mass is 10.3. The number of likely N-dealkylation sites (N-methyl/N-ethyl adjacent to an activating group) is 2. The predicted molar refractivity (Wildman–Crippen MR) is 88.4 cm³/mol. The minimum absolute atomic E-state index is 0. The van der Waals surface area contributed by atoms with Crippen molar-refractivity contribution < 1.29 is 0 Å². The van der Waals surface area contributed by atoms with Crippen molar-refractivity contribution in [2.45, 2.75) is 18.0 Å². The van der Waals surface area contributed by atoms with Gasteiger partial charge in [-0.15, -0.1) is 24.2 Å². The summed E-state index contributed by atoms with van der Waals surface area (Å²) in [6.45, 7) is 5.90. The quantitative estimate of drug-likeness (QED) is 0.669. The van der Waals surface area contributed by atoms with Crippen LogP contribution in [0.4, 0.5) is 5.95 Å². The van der Waals surface area contributed by atoms with Gasteiger partial charge in [-0.25, -0.2) is 4.98 Å². The molecule has 1 aliphatic rings. The largest absolute Gasteiger partial charge is 0.323 e. The average molecular weight is 338 g/mol. The molecule has 8 heteroatoms. The van der Waals surface area contributed by atoms with Gasteiger partial charge in [0.05, 0.1) is 11.1 Å². The van der Waals surface area contributed by atoms with Gasteiger partial charge in [0.1, 0.15) is 5.15 Å². The lowest BCUT2D eigenvalue weighted by Gasteiger charge is -2.40. The second-order valence-electron chi connectivity index (χ2n) is 4.56. The molecule has 1 aromatic rings. The monoisotopic (exact) mass is 337 g/mol. The highest BCUT2D eigenvalue weighted by atomic mass is 35.5. The molecule has 0 amide bonds. The van der Waals surface area contributed by atoms with E-state index < -0.39 is 0 Å². The highest BCUT2D eigenvalue weighted by Gasteiger charge is 2.26. The zero-order chi connectivity index (χ0) is 13.8. The average Bonchev–Trinajstić information content (AvgIpc) is 2.39. The number of aromatic nitrogens is 2. The van der Waals surface area contributed by atoms with E-state index in [1.54, 1.807) is 18.0 Å². The van der Waals surface area contributed by atoms with Crippen LogP contribution in [0.25, 0.3) is 0 Å². The maximum absolute atomic E-state index is 6.17. The molecule has 5 nitrogen and oxygen atoms in total. The molecule has 1 fully saturated rings. The van der Waals surface area contributed by atoms with Crippen LogP contribution in [0.15, 0.2) is 11.1 Å². The van der Waals surface area contributed by atoms with E-state index in [9.17, 15) is 0 Å². The summed E-state index contributed by atoms with van der Waals surface area (Å²) in [6, 6.07) is 0. The molecule has 1 saturated heterocycles. The van der Waals surface area contributed by atoms with Gasteiger partial charge in [0.15, 0.2) is 0 Å². The van der Waals surface area contributed by atoms with E-state index in [0.717, 1.165) is 31.1 Å². The molecule has 20 heavy (non-hydrogen) atoms. The van der Waals surface area contributed by atoms with E-state index in [2.05, 4.69) is 39.1 Å². The Bertz CT molecular complexity index is 434. The molecule has 114 valence electrons. The normalized spacial score (nSPS) is 19.8. The molecule has 1 atom stereocenters. The van der Waals surface area contributed by atoms with Crippen LogP contribution in [-0.4, -0.2) is 60.5 Å². The minimum atomic E-state index is 0. The fourth-order valence-electron chi connectivity index (χ4n) is 2.19. The number of hydrogen-bond acceptors (Lipinski definition) is 6. The van der Waals surface area contributed by atoms with Crippen molar-refractivity contribution in [2.75, 3.05) is 44.4 Å². The van der Waals surface area contributed by atoms with E-state index in [1.165, 1.54) is 0 Å². The number of hydrogen-bond donors (Lipinski definition) is 1. The zero-order valence-corrected chi connectivity index (χ0v) is 14.4. The first-order valence-corrected chi connectivity index (χ1v) is 8.01. The van der Waals surface area contributed by atoms with E-state index in [1.807, 2.05) is 6.26 Å². The first-order valence-electron chi connectivity index (χ1n) is 6.40. The van der Waals surface area contributed by atoms with Crippen LogP contribution >= 0.6 is 35.8 Å². The number of piperazine rings is 1. The maximum atomic E-state index is 6.17. The van der Waals surface area contributed by atoms with Crippen molar-refractivity contribution in [1.29, 1.82) is 0 Å². The predicted octanol–water partition coefficient (Wildman–Crippen LogP) is 1.96. The fraction of sp³-hybridized carbons (Fsp3) is 0.667. The number of nitrogens with zero attached hydrogens (tertiary/aromatic N) is 4. The summed E-state index contributed by atoms with van der Waals surface area (Å²) in [7, 11) is 2.13. The molecule has 1 N–H and O–H groups in total. The number of halogens is 2. The Kier molecular flexibility index (Phi) is 7.33. The number of anilines is 1. The maximum Gasteiger partial charge on any atom is 0.228 e. The number of nitrogens with one attached hydrogen (secondary N) is 1. The molecular weight excluding hydrogens is 317 g/mol. The van der Waals surface area contributed by atoms with Crippen molar-refractivity contribution in [3.05, 3.63) is 11.3 Å². The molecule has 1 aliphatic heterocycles. The molecule has 1 unspecified atom stereocenters. The van der Waals surface area contributed by atoms with Crippen LogP contribution in [0.5, 0.6) is 0 Å². The van der Waals surface area contributed by atoms with E-state index in [-0.39, 0.29) is 18.6 Å². The van der Waals surface area contributed by atoms with Crippen LogP contribution in [0.2, 0.25) is 5.15 Å². The van der Waals surface area contributed by atoms with Crippen molar-refractivity contribution in [2.24, 2.45) is 0 Å². The van der Waals surface area contributed by atoms with E-state index in [0.29, 0.717) is 11.1 Å². The number of rotatable bonds is 4. The van der Waals surface area contributed by atoms with Crippen LogP contribution in [0.3, 0.4) is 0 Å². The zero-order valence-electron chi connectivity index (χ0n) is 12.0. The summed E-state index contributed by atoms with van der Waals surface area (Å²) >= 11 is 7.74. The summed E-state index contributed by atoms with van der Waals surface area (Å²) in [6.07, 6.45) is 4.01. The molecule has 2 rings (SSSR count). The van der Waals surface area contributed by atoms with Crippen LogP contribution in [0, 0.1) is 0 Å². The van der Waals surface area contributed by atoms with Gasteiger partial charge in [-0.3, -0.25) is 5.32 Å². The van der Waals surface area contributed by atoms with Crippen molar-refractivity contribution in [3.8, 4) is 0 Å². The second-order valence-corrected chi connectivity index (χ2v) is 5.76. The Balaban J connectivity index is 0.00000200. The first kappa shape index (κ1) is 17.8. The van der Waals surface area contributed by atoms with E-state index in [4.69, 9.17) is 11.6 Å². The van der Waals surface area contributed by atoms with Gasteiger partial charge < -0.3 is 9.80 Å². The van der Waals surface area contributed by atoms with Gasteiger partial charge in [-0.05, 0) is 19.8 Å². The van der Waals surface area contributed by atoms with Crippen LogP contribution in [0.1, 0.15) is 6.92 Å². The summed E-state index contributed by atoms with van der Waals surface area (Å²) < 4.78 is 0. The van der Waals surface area contributed by atoms with Crippen molar-refractivity contribution in [1.82, 2.24) is 20.2 Å². The summed E-state index contributed by atoms with van der Waals surface area (Å²) in [5.41, 5.74) is 0. The molecule has 0 spiro atoms. The van der Waals surface area contributed by atoms with Crippen LogP contribution in [-0.2, 0) is 0 Å². The van der Waals surface area contributed by atoms with Gasteiger partial charge in [0.2, 0.25) is 5.95 Å². The SMILES string of the molecule is CCNC1CN(C)CCN1c1ncc(SC)c(Cl)n1.Cl. The smallest absolute Gasteiger partial charge is 0.228 e. The third kappa shape index (κ3) is 4.11. The van der Waals surface area contributed by atoms with Gasteiger partial charge in [-0.2, -0.15) is 4.98 Å². The summed E-state index contributed by atoms with van der Waals surface area (Å²) in [5, 5.41) is 4.00. The van der Waals surface area contributed by atoms with E-state index >= 15 is 0 Å². The number of thioether (sulfide) groups is 1. The molecule has 0 aliphatic carbocycles. The first-order chi connectivity index (χ1) is 9.15. The Hall–Kier alpha value is -0.270. The van der Waals surface area contributed by atoms with Gasteiger partial charge in [0.25, 0.3) is 0 Å². The minimum Gasteiger partial charge on any atom is -0.323 e. The summed E-state index contributed by atoms with van der Waals surface area (Å²) in [4.78, 5) is 14.3. The molecule has 0 aromatic carbocycles. The lowest BCUT2D eigenvalue weighted by Crippen LogP contribution is -2.58. The Morgan fingerprint density at radius 1 is 1.50 bits per heavy atom. The lowest BCUT2D eigenvalue weighted by molar-refractivity contribution is 0.244. The highest BCUT2D eigenvalue weighted by Crippen LogP contribution is 2.25. The molecule has 0 bridgehead atoms. The van der Waals surface area contributed by atoms with Crippen LogP contribution < -0.4 is 10.2 Å². The topological polar surface area (TPSA) is 44.3 Å². The van der Waals surface area contributed by atoms with Gasteiger partial charge in [0, 0.05) is 25.8 Å². The third-order valence-electron chi connectivity index (χ3n) is 3.20. The Morgan fingerprint density at radius 3 is 2.85 bits per heavy atom. The van der Waals surface area contributed by atoms with Gasteiger partial charge in [-0.1, -0.05) is 18.5 Å². The summed E-state index contributed by atoms with van der Waals surface area (Å²) in [5.74, 6) is 0.710. The van der Waals surface area contributed by atoms with Gasteiger partial charge >= 0.3 is 0 Å². The van der Waals surface area contributed by atoms with Crippen molar-refractivity contribution in [3.63, 3.8) is 0 Å². The molecule has 0 radical (unpaired) electrons. The Morgan fingerprint density at radius 2 is 2.25 bits per heavy atom. The molecule has 2 heterocycles. The fourth-order valence-corrected chi connectivity index (χ4v) is 2.91. The molecular formula is C12H21Cl2N5S. The van der Waals surface area contributed by atoms with Crippen molar-refractivity contribution >= 4 is 41.7 Å².